The van der Waals surface area contributed by atoms with Crippen LogP contribution in [0.5, 0.6) is 0 Å². The number of carbonyl (C=O) groups is 1. The summed E-state index contributed by atoms with van der Waals surface area (Å²) in [4.78, 5) is 15.0. The first-order valence-corrected chi connectivity index (χ1v) is 10.3. The summed E-state index contributed by atoms with van der Waals surface area (Å²) in [5.74, 6) is 0.691. The Labute approximate surface area is 181 Å². The first-order chi connectivity index (χ1) is 12.7. The number of rotatable bonds is 5. The number of nitrogens with zero attached hydrogens (tertiary/aromatic N) is 1. The third-order valence-electron chi connectivity index (χ3n) is 6.32. The van der Waals surface area contributed by atoms with Crippen molar-refractivity contribution < 1.29 is 4.79 Å². The fourth-order valence-electron chi connectivity index (χ4n) is 4.90. The van der Waals surface area contributed by atoms with Crippen LogP contribution in [-0.2, 0) is 4.79 Å². The largest absolute Gasteiger partial charge is 0.381 e. The van der Waals surface area contributed by atoms with Gasteiger partial charge in [0.15, 0.2) is 0 Å². The molecule has 0 spiro atoms. The zero-order chi connectivity index (χ0) is 17.9. The van der Waals surface area contributed by atoms with E-state index in [1.807, 2.05) is 18.2 Å². The van der Waals surface area contributed by atoms with Crippen LogP contribution in [0.4, 0.5) is 11.4 Å². The molecule has 3 heterocycles. The molecular formula is C21H34Cl2N4O. The first-order valence-electron chi connectivity index (χ1n) is 10.3. The van der Waals surface area contributed by atoms with Crippen LogP contribution in [0.15, 0.2) is 24.3 Å². The van der Waals surface area contributed by atoms with Crippen LogP contribution >= 0.6 is 24.8 Å². The van der Waals surface area contributed by atoms with Gasteiger partial charge < -0.3 is 20.9 Å². The summed E-state index contributed by atoms with van der Waals surface area (Å²) >= 11 is 0. The summed E-state index contributed by atoms with van der Waals surface area (Å²) in [7, 11) is 2.18. The Hall–Kier alpha value is -1.01. The number of nitrogens with one attached hydrogen (secondary N) is 3. The van der Waals surface area contributed by atoms with Crippen LogP contribution in [0.3, 0.4) is 0 Å². The molecule has 5 nitrogen and oxygen atoms in total. The monoisotopic (exact) mass is 428 g/mol. The Morgan fingerprint density at radius 1 is 1.04 bits per heavy atom. The topological polar surface area (TPSA) is 56.4 Å². The maximum atomic E-state index is 12.6. The molecule has 2 bridgehead atoms. The van der Waals surface area contributed by atoms with Gasteiger partial charge in [0.2, 0.25) is 5.91 Å². The molecule has 0 saturated carbocycles. The number of amides is 1. The van der Waals surface area contributed by atoms with Gasteiger partial charge in [-0.2, -0.15) is 0 Å². The third-order valence-corrected chi connectivity index (χ3v) is 6.32. The molecule has 2 unspecified atom stereocenters. The van der Waals surface area contributed by atoms with Gasteiger partial charge in [-0.25, -0.2) is 0 Å². The summed E-state index contributed by atoms with van der Waals surface area (Å²) in [5.41, 5.74) is 1.98. The number of hydrogen-bond acceptors (Lipinski definition) is 4. The van der Waals surface area contributed by atoms with Crippen LogP contribution in [0.1, 0.15) is 44.9 Å². The number of anilines is 2. The van der Waals surface area contributed by atoms with Crippen molar-refractivity contribution in [2.24, 2.45) is 5.92 Å². The molecule has 1 amide bonds. The lowest BCUT2D eigenvalue weighted by atomic mass is 9.89. The molecular weight excluding hydrogens is 395 g/mol. The summed E-state index contributed by atoms with van der Waals surface area (Å²) in [6.45, 7) is 2.26. The smallest absolute Gasteiger partial charge is 0.224 e. The van der Waals surface area contributed by atoms with Gasteiger partial charge in [-0.1, -0.05) is 12.1 Å². The molecule has 0 aromatic heterocycles. The number of para-hydroxylation sites is 2. The fourth-order valence-corrected chi connectivity index (χ4v) is 4.90. The minimum Gasteiger partial charge on any atom is -0.381 e. The van der Waals surface area contributed by atoms with Crippen molar-refractivity contribution in [2.45, 2.75) is 63.1 Å². The van der Waals surface area contributed by atoms with Crippen molar-refractivity contribution in [3.63, 3.8) is 0 Å². The molecule has 158 valence electrons. The lowest BCUT2D eigenvalue weighted by Crippen LogP contribution is -2.39. The van der Waals surface area contributed by atoms with E-state index in [9.17, 15) is 4.79 Å². The Kier molecular flexibility index (Phi) is 8.87. The van der Waals surface area contributed by atoms with E-state index in [0.717, 1.165) is 50.1 Å². The summed E-state index contributed by atoms with van der Waals surface area (Å²) in [5, 5.41) is 10.5. The van der Waals surface area contributed by atoms with Gasteiger partial charge in [-0.05, 0) is 76.7 Å². The Morgan fingerprint density at radius 3 is 2.29 bits per heavy atom. The van der Waals surface area contributed by atoms with E-state index in [0.29, 0.717) is 30.5 Å². The van der Waals surface area contributed by atoms with Crippen LogP contribution in [0, 0.1) is 5.92 Å². The minimum atomic E-state index is 0. The second-order valence-electron chi connectivity index (χ2n) is 8.50. The average Bonchev–Trinajstić information content (AvgIpc) is 2.97. The number of hydrogen-bond donors (Lipinski definition) is 3. The van der Waals surface area contributed by atoms with Crippen molar-refractivity contribution in [3.8, 4) is 0 Å². The molecule has 7 heteroatoms. The summed E-state index contributed by atoms with van der Waals surface area (Å²) < 4.78 is 0. The average molecular weight is 429 g/mol. The highest BCUT2D eigenvalue weighted by Crippen LogP contribution is 2.33. The molecule has 3 aliphatic heterocycles. The highest BCUT2D eigenvalue weighted by atomic mass is 35.5. The number of fused-ring (bicyclic) bond motifs is 2. The Bertz CT molecular complexity index is 625. The van der Waals surface area contributed by atoms with E-state index in [1.165, 1.54) is 12.8 Å². The van der Waals surface area contributed by atoms with E-state index in [1.54, 1.807) is 0 Å². The van der Waals surface area contributed by atoms with Crippen LogP contribution in [0.2, 0.25) is 0 Å². The predicted octanol–water partition coefficient (Wildman–Crippen LogP) is 3.90. The molecule has 3 saturated heterocycles. The normalized spacial score (nSPS) is 27.4. The minimum absolute atomic E-state index is 0. The number of carbonyl (C=O) groups excluding carboxylic acids is 1. The van der Waals surface area contributed by atoms with Gasteiger partial charge >= 0.3 is 0 Å². The molecule has 28 heavy (non-hydrogen) atoms. The standard InChI is InChI=1S/C21H32N4O.2ClH/c1-25-10-8-16(9-11-25)23-19-4-2-3-5-20(19)24-21(26)14-15-12-17-6-7-18(13-15)22-17;;/h2-5,15-18,22-23H,6-14H2,1H3,(H,24,26);2*1H. The molecule has 1 aromatic rings. The van der Waals surface area contributed by atoms with E-state index in [4.69, 9.17) is 0 Å². The van der Waals surface area contributed by atoms with E-state index in [-0.39, 0.29) is 30.7 Å². The van der Waals surface area contributed by atoms with Crippen LogP contribution < -0.4 is 16.0 Å². The van der Waals surface area contributed by atoms with Crippen molar-refractivity contribution >= 4 is 42.1 Å². The molecule has 3 N–H and O–H groups in total. The number of halogens is 2. The summed E-state index contributed by atoms with van der Waals surface area (Å²) in [6, 6.07) is 9.91. The van der Waals surface area contributed by atoms with Crippen LogP contribution in [0.25, 0.3) is 0 Å². The highest BCUT2D eigenvalue weighted by Gasteiger charge is 2.34. The van der Waals surface area contributed by atoms with Gasteiger partial charge in [0, 0.05) is 24.5 Å². The highest BCUT2D eigenvalue weighted by molar-refractivity contribution is 5.94. The van der Waals surface area contributed by atoms with Gasteiger partial charge in [-0.3, -0.25) is 4.79 Å². The lowest BCUT2D eigenvalue weighted by Gasteiger charge is -2.31. The van der Waals surface area contributed by atoms with Gasteiger partial charge in [0.25, 0.3) is 0 Å². The number of likely N-dealkylation sites (tertiary alicyclic amines) is 1. The predicted molar refractivity (Wildman–Crippen MR) is 121 cm³/mol. The van der Waals surface area contributed by atoms with E-state index < -0.39 is 0 Å². The quantitative estimate of drug-likeness (QED) is 0.665. The van der Waals surface area contributed by atoms with E-state index >= 15 is 0 Å². The second kappa shape index (κ2) is 10.7. The van der Waals surface area contributed by atoms with Gasteiger partial charge in [-0.15, -0.1) is 24.8 Å². The zero-order valence-corrected chi connectivity index (χ0v) is 18.3. The number of piperidine rings is 2. The fraction of sp³-hybridized carbons (Fsp3) is 0.667. The zero-order valence-electron chi connectivity index (χ0n) is 16.7. The van der Waals surface area contributed by atoms with Crippen molar-refractivity contribution in [1.29, 1.82) is 0 Å². The van der Waals surface area contributed by atoms with Crippen molar-refractivity contribution in [3.05, 3.63) is 24.3 Å². The molecule has 2 atom stereocenters. The third kappa shape index (κ3) is 5.99. The SMILES string of the molecule is CN1CCC(Nc2ccccc2NC(=O)CC2CC3CCC(C2)N3)CC1.Cl.Cl. The Morgan fingerprint density at radius 2 is 1.64 bits per heavy atom. The van der Waals surface area contributed by atoms with Crippen molar-refractivity contribution in [2.75, 3.05) is 30.8 Å². The maximum Gasteiger partial charge on any atom is 0.224 e. The molecule has 3 fully saturated rings. The molecule has 0 radical (unpaired) electrons. The first kappa shape index (κ1) is 23.3. The lowest BCUT2D eigenvalue weighted by molar-refractivity contribution is -0.117. The molecule has 4 rings (SSSR count). The van der Waals surface area contributed by atoms with Gasteiger partial charge in [0.05, 0.1) is 11.4 Å². The molecule has 1 aromatic carbocycles. The molecule has 0 aliphatic carbocycles. The number of benzene rings is 1. The van der Waals surface area contributed by atoms with Crippen LogP contribution in [-0.4, -0.2) is 49.1 Å². The summed E-state index contributed by atoms with van der Waals surface area (Å²) in [6.07, 6.45) is 7.82. The van der Waals surface area contributed by atoms with Gasteiger partial charge in [0.1, 0.15) is 0 Å². The molecule has 3 aliphatic rings. The van der Waals surface area contributed by atoms with E-state index in [2.05, 4.69) is 34.0 Å². The Balaban J connectivity index is 0.00000140. The van der Waals surface area contributed by atoms with Crippen molar-refractivity contribution in [1.82, 2.24) is 10.2 Å². The maximum absolute atomic E-state index is 12.6. The second-order valence-corrected chi connectivity index (χ2v) is 8.50.